The minimum absolute atomic E-state index is 0.101. The van der Waals surface area contributed by atoms with Gasteiger partial charge in [-0.05, 0) is 60.4 Å². The highest BCUT2D eigenvalue weighted by molar-refractivity contribution is 5.94. The molecule has 0 spiro atoms. The molecule has 1 fully saturated rings. The first-order chi connectivity index (χ1) is 16.2. The van der Waals surface area contributed by atoms with Gasteiger partial charge in [-0.25, -0.2) is 0 Å². The number of hydrogen-bond acceptors (Lipinski definition) is 5. The number of carbonyl (C=O) groups excluding carboxylic acids is 1. The highest BCUT2D eigenvalue weighted by Gasteiger charge is 2.36. The molecule has 0 radical (unpaired) electrons. The lowest BCUT2D eigenvalue weighted by molar-refractivity contribution is 0.0486. The van der Waals surface area contributed by atoms with Gasteiger partial charge in [-0.1, -0.05) is 36.4 Å². The van der Waals surface area contributed by atoms with Crippen molar-refractivity contribution >= 4 is 5.91 Å². The first-order valence-corrected chi connectivity index (χ1v) is 11.2. The molecule has 33 heavy (non-hydrogen) atoms. The number of fused-ring (bicyclic) bond motifs is 1. The van der Waals surface area contributed by atoms with Crippen molar-refractivity contribution in [3.63, 3.8) is 0 Å². The third-order valence-corrected chi connectivity index (χ3v) is 6.39. The molecule has 1 amide bonds. The van der Waals surface area contributed by atoms with E-state index in [1.165, 1.54) is 0 Å². The Bertz CT molecular complexity index is 1090. The number of carbonyl (C=O) groups is 1. The quantitative estimate of drug-likeness (QED) is 0.581. The second kappa shape index (κ2) is 9.55. The van der Waals surface area contributed by atoms with E-state index in [2.05, 4.69) is 11.4 Å². The van der Waals surface area contributed by atoms with Crippen LogP contribution in [0.25, 0.3) is 0 Å². The van der Waals surface area contributed by atoms with Crippen LogP contribution in [0, 0.1) is 0 Å². The van der Waals surface area contributed by atoms with Crippen LogP contribution in [0.5, 0.6) is 17.2 Å². The van der Waals surface area contributed by atoms with Crippen LogP contribution in [0.4, 0.5) is 0 Å². The number of benzene rings is 3. The fourth-order valence-corrected chi connectivity index (χ4v) is 4.35. The summed E-state index contributed by atoms with van der Waals surface area (Å²) in [5.74, 6) is 2.16. The van der Waals surface area contributed by atoms with E-state index in [0.29, 0.717) is 31.9 Å². The topological polar surface area (TPSA) is 66.0 Å². The van der Waals surface area contributed by atoms with Crippen LogP contribution in [0.3, 0.4) is 0 Å². The Labute approximate surface area is 193 Å². The van der Waals surface area contributed by atoms with Crippen molar-refractivity contribution in [2.75, 3.05) is 26.6 Å². The molecule has 0 unspecified atom stereocenters. The molecule has 3 aromatic rings. The summed E-state index contributed by atoms with van der Waals surface area (Å²) in [5.41, 5.74) is 2.65. The van der Waals surface area contributed by atoms with Gasteiger partial charge in [0.25, 0.3) is 5.91 Å². The van der Waals surface area contributed by atoms with E-state index in [-0.39, 0.29) is 18.1 Å². The molecule has 0 aromatic heterocycles. The molecule has 0 saturated carbocycles. The van der Waals surface area contributed by atoms with Crippen molar-refractivity contribution in [1.29, 1.82) is 0 Å². The van der Waals surface area contributed by atoms with Crippen LogP contribution < -0.4 is 19.5 Å². The molecule has 2 aliphatic heterocycles. The van der Waals surface area contributed by atoms with E-state index >= 15 is 0 Å². The smallest absolute Gasteiger partial charge is 0.251 e. The van der Waals surface area contributed by atoms with Crippen LogP contribution in [0.1, 0.15) is 34.3 Å². The van der Waals surface area contributed by atoms with Crippen molar-refractivity contribution in [3.05, 3.63) is 89.5 Å². The normalized spacial score (nSPS) is 16.2. The van der Waals surface area contributed by atoms with Crippen molar-refractivity contribution in [3.8, 4) is 17.2 Å². The van der Waals surface area contributed by atoms with E-state index in [9.17, 15) is 4.79 Å². The maximum atomic E-state index is 12.9. The molecule has 3 aromatic carbocycles. The van der Waals surface area contributed by atoms with Crippen LogP contribution in [-0.2, 0) is 16.8 Å². The largest absolute Gasteiger partial charge is 0.489 e. The Morgan fingerprint density at radius 1 is 0.909 bits per heavy atom. The third kappa shape index (κ3) is 4.81. The van der Waals surface area contributed by atoms with E-state index in [1.807, 2.05) is 54.6 Å². The number of nitrogens with one attached hydrogen (secondary N) is 1. The molecule has 6 heteroatoms. The lowest BCUT2D eigenvalue weighted by Crippen LogP contribution is -2.44. The molecule has 170 valence electrons. The van der Waals surface area contributed by atoms with Gasteiger partial charge in [0.15, 0.2) is 11.5 Å². The van der Waals surface area contributed by atoms with Gasteiger partial charge in [0.05, 0.1) is 0 Å². The van der Waals surface area contributed by atoms with Gasteiger partial charge < -0.3 is 24.3 Å². The van der Waals surface area contributed by atoms with Crippen molar-refractivity contribution in [1.82, 2.24) is 5.32 Å². The fourth-order valence-electron chi connectivity index (χ4n) is 4.35. The van der Waals surface area contributed by atoms with E-state index in [4.69, 9.17) is 18.9 Å². The minimum atomic E-state index is -0.201. The van der Waals surface area contributed by atoms with Gasteiger partial charge in [0.1, 0.15) is 12.4 Å². The van der Waals surface area contributed by atoms with Crippen LogP contribution in [0.2, 0.25) is 0 Å². The summed E-state index contributed by atoms with van der Waals surface area (Å²) >= 11 is 0. The standard InChI is InChI=1S/C27H27NO5/c29-26(21-6-9-23(10-7-21)31-17-20-4-2-1-3-5-20)28-18-27(12-14-30-15-13-27)22-8-11-24-25(16-22)33-19-32-24/h1-11,16H,12-15,17-19H2,(H,28,29). The molecule has 1 saturated heterocycles. The van der Waals surface area contributed by atoms with Crippen LogP contribution in [-0.4, -0.2) is 32.5 Å². The van der Waals surface area contributed by atoms with Gasteiger partial charge in [0, 0.05) is 30.7 Å². The zero-order valence-corrected chi connectivity index (χ0v) is 18.4. The summed E-state index contributed by atoms with van der Waals surface area (Å²) in [6.45, 7) is 2.60. The third-order valence-electron chi connectivity index (χ3n) is 6.39. The summed E-state index contributed by atoms with van der Waals surface area (Å²) in [6, 6.07) is 23.3. The molecule has 0 aliphatic carbocycles. The maximum Gasteiger partial charge on any atom is 0.251 e. The van der Waals surface area contributed by atoms with Crippen LogP contribution in [0.15, 0.2) is 72.8 Å². The summed E-state index contributed by atoms with van der Waals surface area (Å²) in [5, 5.41) is 3.15. The minimum Gasteiger partial charge on any atom is -0.489 e. The Balaban J connectivity index is 1.23. The van der Waals surface area contributed by atoms with Gasteiger partial charge in [-0.15, -0.1) is 0 Å². The van der Waals surface area contributed by atoms with Gasteiger partial charge in [0.2, 0.25) is 6.79 Å². The average molecular weight is 446 g/mol. The molecular weight excluding hydrogens is 418 g/mol. The Morgan fingerprint density at radius 2 is 1.67 bits per heavy atom. The molecule has 2 aliphatic rings. The number of amides is 1. The van der Waals surface area contributed by atoms with Crippen molar-refractivity contribution in [2.45, 2.75) is 24.9 Å². The SMILES string of the molecule is O=C(NCC1(c2ccc3c(c2)OCO3)CCOCC1)c1ccc(OCc2ccccc2)cc1. The highest BCUT2D eigenvalue weighted by Crippen LogP contribution is 2.40. The van der Waals surface area contributed by atoms with E-state index in [0.717, 1.165) is 41.2 Å². The van der Waals surface area contributed by atoms with Crippen LogP contribution >= 0.6 is 0 Å². The lowest BCUT2D eigenvalue weighted by atomic mass is 9.74. The molecule has 2 heterocycles. The highest BCUT2D eigenvalue weighted by atomic mass is 16.7. The number of hydrogen-bond donors (Lipinski definition) is 1. The van der Waals surface area contributed by atoms with Gasteiger partial charge in [-0.2, -0.15) is 0 Å². The Kier molecular flexibility index (Phi) is 6.17. The Morgan fingerprint density at radius 3 is 2.45 bits per heavy atom. The second-order valence-electron chi connectivity index (χ2n) is 8.44. The number of ether oxygens (including phenoxy) is 4. The predicted octanol–water partition coefficient (Wildman–Crippen LogP) is 4.47. The second-order valence-corrected chi connectivity index (χ2v) is 8.44. The van der Waals surface area contributed by atoms with Crippen molar-refractivity contribution in [2.24, 2.45) is 0 Å². The monoisotopic (exact) mass is 445 g/mol. The van der Waals surface area contributed by atoms with Gasteiger partial charge >= 0.3 is 0 Å². The van der Waals surface area contributed by atoms with Gasteiger partial charge in [-0.3, -0.25) is 4.79 Å². The molecule has 1 N–H and O–H groups in total. The number of rotatable bonds is 7. The summed E-state index contributed by atoms with van der Waals surface area (Å²) in [7, 11) is 0. The summed E-state index contributed by atoms with van der Waals surface area (Å²) in [6.07, 6.45) is 1.67. The maximum absolute atomic E-state index is 12.9. The summed E-state index contributed by atoms with van der Waals surface area (Å²) < 4.78 is 22.5. The zero-order valence-electron chi connectivity index (χ0n) is 18.4. The van der Waals surface area contributed by atoms with E-state index < -0.39 is 0 Å². The predicted molar refractivity (Wildman–Crippen MR) is 124 cm³/mol. The fraction of sp³-hybridized carbons (Fsp3) is 0.296. The average Bonchev–Trinajstić information content (AvgIpc) is 3.36. The van der Waals surface area contributed by atoms with Crippen molar-refractivity contribution < 1.29 is 23.7 Å². The molecular formula is C27H27NO5. The first kappa shape index (κ1) is 21.3. The summed E-state index contributed by atoms with van der Waals surface area (Å²) in [4.78, 5) is 12.9. The Hall–Kier alpha value is -3.51. The first-order valence-electron chi connectivity index (χ1n) is 11.2. The molecule has 5 rings (SSSR count). The lowest BCUT2D eigenvalue weighted by Gasteiger charge is -2.38. The molecule has 0 bridgehead atoms. The molecule has 6 nitrogen and oxygen atoms in total. The zero-order chi connectivity index (χ0) is 22.5. The van der Waals surface area contributed by atoms with E-state index in [1.54, 1.807) is 12.1 Å². The molecule has 0 atom stereocenters.